The average Bonchev–Trinajstić information content (AvgIpc) is 2.90. The largest absolute Gasteiger partial charge is 0.488 e. The summed E-state index contributed by atoms with van der Waals surface area (Å²) in [6.07, 6.45) is 2.95. The zero-order chi connectivity index (χ0) is 14.9. The zero-order valence-corrected chi connectivity index (χ0v) is 16.3. The van der Waals surface area contributed by atoms with Crippen molar-refractivity contribution in [2.75, 3.05) is 19.8 Å². The van der Waals surface area contributed by atoms with E-state index in [2.05, 4.69) is 59.9 Å². The smallest absolute Gasteiger partial charge is 0.148 e. The molecule has 1 aromatic carbocycles. The van der Waals surface area contributed by atoms with Crippen LogP contribution in [0, 0.1) is 0 Å². The second kappa shape index (κ2) is 6.87. The van der Waals surface area contributed by atoms with Gasteiger partial charge in [0.25, 0.3) is 0 Å². The van der Waals surface area contributed by atoms with Crippen LogP contribution in [-0.2, 0) is 14.8 Å². The molecule has 0 N–H and O–H groups in total. The number of halogens is 3. The van der Waals surface area contributed by atoms with Crippen LogP contribution in [0.25, 0.3) is 0 Å². The lowest BCUT2D eigenvalue weighted by Crippen LogP contribution is -2.44. The summed E-state index contributed by atoms with van der Waals surface area (Å²) in [5, 5.41) is 0.822. The quantitative estimate of drug-likeness (QED) is 0.575. The first-order valence-corrected chi connectivity index (χ1v) is 9.75. The average molecular weight is 485 g/mol. The molecule has 3 nitrogen and oxygen atoms in total. The third-order valence-corrected chi connectivity index (χ3v) is 5.84. The van der Waals surface area contributed by atoms with Gasteiger partial charge in [-0.2, -0.15) is 0 Å². The molecule has 0 bridgehead atoms. The van der Waals surface area contributed by atoms with Gasteiger partial charge in [-0.25, -0.2) is 0 Å². The minimum absolute atomic E-state index is 0.127. The molecular weight excluding hydrogens is 468 g/mol. The summed E-state index contributed by atoms with van der Waals surface area (Å²) in [6, 6.07) is 4.17. The topological polar surface area (TPSA) is 27.7 Å². The van der Waals surface area contributed by atoms with Crippen LogP contribution in [0.2, 0.25) is 0 Å². The van der Waals surface area contributed by atoms with Crippen LogP contribution < -0.4 is 4.74 Å². The van der Waals surface area contributed by atoms with Crippen LogP contribution in [0.15, 0.2) is 21.1 Å². The molecule has 1 aromatic rings. The van der Waals surface area contributed by atoms with E-state index in [1.54, 1.807) is 0 Å². The Morgan fingerprint density at radius 3 is 2.62 bits per heavy atom. The summed E-state index contributed by atoms with van der Waals surface area (Å²) in [5.41, 5.74) is 1.08. The van der Waals surface area contributed by atoms with Gasteiger partial charge in [0.15, 0.2) is 0 Å². The first-order valence-electron chi connectivity index (χ1n) is 7.04. The fourth-order valence-electron chi connectivity index (χ4n) is 2.92. The molecule has 1 spiro atoms. The lowest BCUT2D eigenvalue weighted by atomic mass is 9.91. The van der Waals surface area contributed by atoms with E-state index in [1.165, 1.54) is 5.56 Å². The number of benzene rings is 1. The first-order chi connectivity index (χ1) is 10.1. The summed E-state index contributed by atoms with van der Waals surface area (Å²) >= 11 is 10.7. The monoisotopic (exact) mass is 482 g/mol. The minimum atomic E-state index is -0.127. The molecule has 2 saturated heterocycles. The third kappa shape index (κ3) is 3.66. The molecule has 2 aliphatic rings. The van der Waals surface area contributed by atoms with Crippen LogP contribution in [0.4, 0.5) is 0 Å². The Morgan fingerprint density at radius 1 is 1.24 bits per heavy atom. The number of ether oxygens (including phenoxy) is 3. The number of rotatable bonds is 3. The van der Waals surface area contributed by atoms with Gasteiger partial charge in [0.05, 0.1) is 27.8 Å². The number of alkyl halides is 1. The normalized spacial score (nSPS) is 29.0. The molecule has 2 aliphatic heterocycles. The highest BCUT2D eigenvalue weighted by atomic mass is 79.9. The predicted octanol–water partition coefficient (Wildman–Crippen LogP) is 4.82. The maximum atomic E-state index is 6.26. The van der Waals surface area contributed by atoms with E-state index >= 15 is 0 Å². The highest BCUT2D eigenvalue weighted by molar-refractivity contribution is 9.11. The first kappa shape index (κ1) is 16.2. The second-order valence-electron chi connectivity index (χ2n) is 5.59. The number of hydrogen-bond donors (Lipinski definition) is 0. The van der Waals surface area contributed by atoms with E-state index in [9.17, 15) is 0 Å². The standard InChI is InChI=1S/C15H17Br3O3/c16-8-10-5-12(17)14(13(18)6-10)21-11-1-3-20-15(7-11)2-4-19-9-15/h5-6,11H,1-4,7-9H2. The molecular formula is C15H17Br3O3. The highest BCUT2D eigenvalue weighted by Crippen LogP contribution is 2.39. The van der Waals surface area contributed by atoms with Crippen LogP contribution >= 0.6 is 47.8 Å². The van der Waals surface area contributed by atoms with Gasteiger partial charge < -0.3 is 14.2 Å². The molecule has 0 saturated carbocycles. The Kier molecular flexibility index (Phi) is 5.31. The van der Waals surface area contributed by atoms with Crippen molar-refractivity contribution in [1.29, 1.82) is 0 Å². The second-order valence-corrected chi connectivity index (χ2v) is 7.86. The Balaban J connectivity index is 1.74. The summed E-state index contributed by atoms with van der Waals surface area (Å²) in [6.45, 7) is 2.22. The van der Waals surface area contributed by atoms with Crippen molar-refractivity contribution in [3.63, 3.8) is 0 Å². The van der Waals surface area contributed by atoms with Crippen LogP contribution in [-0.4, -0.2) is 31.5 Å². The summed E-state index contributed by atoms with van der Waals surface area (Å²) in [7, 11) is 0. The molecule has 2 heterocycles. The van der Waals surface area contributed by atoms with Crippen LogP contribution in [0.5, 0.6) is 5.75 Å². The third-order valence-electron chi connectivity index (χ3n) is 4.01. The molecule has 0 amide bonds. The molecule has 2 fully saturated rings. The van der Waals surface area contributed by atoms with Gasteiger partial charge in [-0.05, 0) is 49.6 Å². The van der Waals surface area contributed by atoms with Gasteiger partial charge in [-0.1, -0.05) is 15.9 Å². The van der Waals surface area contributed by atoms with Crippen molar-refractivity contribution in [2.45, 2.75) is 36.3 Å². The van der Waals surface area contributed by atoms with Gasteiger partial charge in [0.1, 0.15) is 11.9 Å². The fourth-order valence-corrected chi connectivity index (χ4v) is 4.71. The Bertz CT molecular complexity index is 492. The van der Waals surface area contributed by atoms with E-state index < -0.39 is 0 Å². The molecule has 0 radical (unpaired) electrons. The van der Waals surface area contributed by atoms with Crippen molar-refractivity contribution in [1.82, 2.24) is 0 Å². The minimum Gasteiger partial charge on any atom is -0.488 e. The molecule has 0 aliphatic carbocycles. The Morgan fingerprint density at radius 2 is 2.00 bits per heavy atom. The van der Waals surface area contributed by atoms with Crippen LogP contribution in [0.1, 0.15) is 24.8 Å². The molecule has 2 unspecified atom stereocenters. The molecule has 6 heteroatoms. The van der Waals surface area contributed by atoms with Gasteiger partial charge in [0.2, 0.25) is 0 Å². The SMILES string of the molecule is BrCc1cc(Br)c(OC2CCOC3(CCOC3)C2)c(Br)c1. The molecule has 3 rings (SSSR count). The summed E-state index contributed by atoms with van der Waals surface area (Å²) < 4.78 is 19.7. The lowest BCUT2D eigenvalue weighted by molar-refractivity contribution is -0.112. The number of hydrogen-bond acceptors (Lipinski definition) is 3. The summed E-state index contributed by atoms with van der Waals surface area (Å²) in [5.74, 6) is 0.876. The van der Waals surface area contributed by atoms with Crippen molar-refractivity contribution in [2.24, 2.45) is 0 Å². The van der Waals surface area contributed by atoms with Crippen molar-refractivity contribution < 1.29 is 14.2 Å². The summed E-state index contributed by atoms with van der Waals surface area (Å²) in [4.78, 5) is 0. The van der Waals surface area contributed by atoms with Crippen molar-refractivity contribution in [3.8, 4) is 5.75 Å². The fraction of sp³-hybridized carbons (Fsp3) is 0.600. The molecule has 2 atom stereocenters. The van der Waals surface area contributed by atoms with E-state index in [4.69, 9.17) is 14.2 Å². The molecule has 116 valence electrons. The Hall–Kier alpha value is 0.380. The van der Waals surface area contributed by atoms with Gasteiger partial charge in [0, 0.05) is 31.2 Å². The van der Waals surface area contributed by atoms with E-state index in [-0.39, 0.29) is 11.7 Å². The van der Waals surface area contributed by atoms with E-state index in [0.717, 1.165) is 52.5 Å². The predicted molar refractivity (Wildman–Crippen MR) is 92.2 cm³/mol. The van der Waals surface area contributed by atoms with E-state index in [0.29, 0.717) is 6.61 Å². The van der Waals surface area contributed by atoms with E-state index in [1.807, 2.05) is 0 Å². The zero-order valence-electron chi connectivity index (χ0n) is 11.5. The molecule has 0 aromatic heterocycles. The van der Waals surface area contributed by atoms with Crippen molar-refractivity contribution in [3.05, 3.63) is 26.6 Å². The lowest BCUT2D eigenvalue weighted by Gasteiger charge is -2.37. The Labute approximate surface area is 150 Å². The maximum absolute atomic E-state index is 6.26. The van der Waals surface area contributed by atoms with Crippen molar-refractivity contribution >= 4 is 47.8 Å². The maximum Gasteiger partial charge on any atom is 0.148 e. The van der Waals surface area contributed by atoms with Gasteiger partial charge in [-0.3, -0.25) is 0 Å². The molecule has 21 heavy (non-hydrogen) atoms. The van der Waals surface area contributed by atoms with Gasteiger partial charge >= 0.3 is 0 Å². The van der Waals surface area contributed by atoms with Gasteiger partial charge in [-0.15, -0.1) is 0 Å². The van der Waals surface area contributed by atoms with Crippen LogP contribution in [0.3, 0.4) is 0 Å². The highest BCUT2D eigenvalue weighted by Gasteiger charge is 2.42.